The van der Waals surface area contributed by atoms with E-state index in [1.54, 1.807) is 0 Å². The Morgan fingerprint density at radius 1 is 1.40 bits per heavy atom. The summed E-state index contributed by atoms with van der Waals surface area (Å²) in [6.45, 7) is -1.84. The van der Waals surface area contributed by atoms with Gasteiger partial charge in [0.1, 0.15) is 5.75 Å². The lowest BCUT2D eigenvalue weighted by atomic mass is 9.95. The molecule has 0 fully saturated rings. The number of esters is 1. The minimum absolute atomic E-state index is 0.00197. The molecular weight excluding hydrogens is 297 g/mol. The Hall–Kier alpha value is -1.68. The lowest BCUT2D eigenvalue weighted by molar-refractivity contribution is -0.00952. The first-order chi connectivity index (χ1) is 9.08. The number of hydrogen-bond donors (Lipinski definition) is 2. The van der Waals surface area contributed by atoms with Gasteiger partial charge in [-0.15, -0.1) is 0 Å². The van der Waals surface area contributed by atoms with Crippen molar-refractivity contribution in [3.05, 3.63) is 29.3 Å². The van der Waals surface area contributed by atoms with E-state index in [2.05, 4.69) is 4.74 Å². The number of phenolic OH excluding ortho intramolecular Hbond substituents is 1. The molecule has 1 aromatic rings. The van der Waals surface area contributed by atoms with Crippen LogP contribution >= 0.6 is 0 Å². The number of benzene rings is 1. The molecule has 2 N–H and O–H groups in total. The van der Waals surface area contributed by atoms with Gasteiger partial charge in [-0.05, 0) is 17.7 Å². The third kappa shape index (κ3) is 3.67. The summed E-state index contributed by atoms with van der Waals surface area (Å²) >= 11 is 0. The summed E-state index contributed by atoms with van der Waals surface area (Å²) in [5.41, 5.74) is 0.0515. The monoisotopic (exact) mass is 306 g/mol. The molecule has 6 nitrogen and oxygen atoms in total. The van der Waals surface area contributed by atoms with Crippen molar-refractivity contribution in [3.8, 4) is 5.75 Å². The Bertz CT molecular complexity index is 616. The van der Waals surface area contributed by atoms with Gasteiger partial charge < -0.3 is 9.84 Å². The van der Waals surface area contributed by atoms with E-state index in [0.717, 1.165) is 12.1 Å². The molecule has 0 aliphatic carbocycles. The van der Waals surface area contributed by atoms with Crippen molar-refractivity contribution in [2.45, 2.75) is 11.6 Å². The first kappa shape index (κ1) is 16.4. The zero-order valence-corrected chi connectivity index (χ0v) is 10.7. The number of ether oxygens (including phenoxy) is 1. The Labute approximate surface area is 114 Å². The fraction of sp³-hybridized carbons (Fsp3) is 0.300. The molecule has 0 heterocycles. The van der Waals surface area contributed by atoms with Crippen molar-refractivity contribution in [1.29, 1.82) is 0 Å². The quantitative estimate of drug-likeness (QED) is 0.472. The van der Waals surface area contributed by atoms with Crippen molar-refractivity contribution in [3.63, 3.8) is 0 Å². The second kappa shape index (κ2) is 5.75. The fourth-order valence-corrected chi connectivity index (χ4v) is 1.38. The number of hydrogen-bond acceptors (Lipinski definition) is 5. The highest BCUT2D eigenvalue weighted by molar-refractivity contribution is 7.86. The molecule has 0 atom stereocenters. The summed E-state index contributed by atoms with van der Waals surface area (Å²) in [4.78, 5) is 11.4. The largest absolute Gasteiger partial charge is 0.508 e. The SMILES string of the molecule is [B]Cc1ccc(C(=O)OCC(F)(F)S(=O)(=O)O)cc1O. The number of carbonyl (C=O) groups excluding carboxylic acids is 1. The molecule has 0 unspecified atom stereocenters. The summed E-state index contributed by atoms with van der Waals surface area (Å²) in [6, 6.07) is 3.39. The third-order valence-electron chi connectivity index (χ3n) is 2.29. The summed E-state index contributed by atoms with van der Waals surface area (Å²) in [7, 11) is -0.405. The number of phenols is 1. The molecule has 0 spiro atoms. The van der Waals surface area contributed by atoms with Crippen LogP contribution in [0.3, 0.4) is 0 Å². The van der Waals surface area contributed by atoms with Crippen molar-refractivity contribution < 1.29 is 36.4 Å². The van der Waals surface area contributed by atoms with Crippen molar-refractivity contribution in [2.75, 3.05) is 6.61 Å². The normalized spacial score (nSPS) is 12.2. The summed E-state index contributed by atoms with van der Waals surface area (Å²) < 4.78 is 58.5. The van der Waals surface area contributed by atoms with Crippen LogP contribution in [0.4, 0.5) is 8.78 Å². The molecule has 2 radical (unpaired) electrons. The topological polar surface area (TPSA) is 101 Å². The smallest absolute Gasteiger partial charge is 0.402 e. The van der Waals surface area contributed by atoms with Crippen molar-refractivity contribution in [1.82, 2.24) is 0 Å². The highest BCUT2D eigenvalue weighted by Gasteiger charge is 2.45. The number of carbonyl (C=O) groups is 1. The van der Waals surface area contributed by atoms with E-state index in [1.807, 2.05) is 0 Å². The van der Waals surface area contributed by atoms with Crippen LogP contribution in [0, 0.1) is 0 Å². The van der Waals surface area contributed by atoms with Crippen LogP contribution in [0.25, 0.3) is 0 Å². The molecule has 0 bridgehead atoms. The second-order valence-electron chi connectivity index (χ2n) is 3.74. The van der Waals surface area contributed by atoms with Gasteiger partial charge in [-0.1, -0.05) is 12.4 Å². The van der Waals surface area contributed by atoms with Gasteiger partial charge in [0.15, 0.2) is 6.61 Å². The fourth-order valence-electron chi connectivity index (χ4n) is 1.17. The molecule has 0 amide bonds. The van der Waals surface area contributed by atoms with E-state index in [0.29, 0.717) is 5.56 Å². The van der Waals surface area contributed by atoms with Crippen molar-refractivity contribution >= 4 is 23.9 Å². The number of alkyl halides is 2. The average Bonchev–Trinajstić information content (AvgIpc) is 2.34. The maximum atomic E-state index is 12.8. The molecule has 20 heavy (non-hydrogen) atoms. The zero-order valence-electron chi connectivity index (χ0n) is 9.92. The van der Waals surface area contributed by atoms with E-state index in [4.69, 9.17) is 12.4 Å². The Kier molecular flexibility index (Phi) is 4.71. The Morgan fingerprint density at radius 2 is 2.00 bits per heavy atom. The van der Waals surface area contributed by atoms with Crippen molar-refractivity contribution in [2.24, 2.45) is 0 Å². The van der Waals surface area contributed by atoms with Crippen LogP contribution in [0.1, 0.15) is 15.9 Å². The highest BCUT2D eigenvalue weighted by Crippen LogP contribution is 2.23. The molecule has 0 aliphatic rings. The van der Waals surface area contributed by atoms with Crippen LogP contribution in [-0.4, -0.2) is 43.8 Å². The predicted octanol–water partition coefficient (Wildman–Crippen LogP) is 0.698. The first-order valence-corrected chi connectivity index (χ1v) is 6.56. The van der Waals surface area contributed by atoms with Crippen LogP contribution < -0.4 is 0 Å². The summed E-state index contributed by atoms with van der Waals surface area (Å²) in [6.07, 6.45) is 0.00197. The standard InChI is InChI=1S/C10H9BF2O6S/c11-4-7-2-1-6(3-8(7)14)9(15)19-5-10(12,13)20(16,17)18/h1-3,14H,4-5H2,(H,16,17,18). The van der Waals surface area contributed by atoms with Gasteiger partial charge in [0, 0.05) is 0 Å². The van der Waals surface area contributed by atoms with Gasteiger partial charge in [0.25, 0.3) is 0 Å². The Morgan fingerprint density at radius 3 is 2.45 bits per heavy atom. The van der Waals surface area contributed by atoms with Gasteiger partial charge in [0.2, 0.25) is 0 Å². The van der Waals surface area contributed by atoms with Gasteiger partial charge in [-0.25, -0.2) is 4.79 Å². The molecule has 0 aliphatic heterocycles. The molecule has 1 aromatic carbocycles. The molecule has 10 heteroatoms. The molecule has 1 rings (SSSR count). The first-order valence-electron chi connectivity index (χ1n) is 5.12. The van der Waals surface area contributed by atoms with E-state index < -0.39 is 27.9 Å². The van der Waals surface area contributed by atoms with Crippen LogP contribution in [0.5, 0.6) is 5.75 Å². The molecule has 0 saturated carbocycles. The van der Waals surface area contributed by atoms with E-state index in [9.17, 15) is 27.1 Å². The highest BCUT2D eigenvalue weighted by atomic mass is 32.2. The molecule has 108 valence electrons. The maximum Gasteiger partial charge on any atom is 0.402 e. The average molecular weight is 306 g/mol. The second-order valence-corrected chi connectivity index (χ2v) is 5.28. The number of halogens is 2. The molecule has 0 saturated heterocycles. The number of aromatic hydroxyl groups is 1. The molecular formula is C10H9BF2O6S. The van der Waals surface area contributed by atoms with Gasteiger partial charge in [-0.2, -0.15) is 17.2 Å². The van der Waals surface area contributed by atoms with E-state index in [1.165, 1.54) is 6.07 Å². The van der Waals surface area contributed by atoms with Gasteiger partial charge >= 0.3 is 21.3 Å². The van der Waals surface area contributed by atoms with E-state index in [-0.39, 0.29) is 17.6 Å². The van der Waals surface area contributed by atoms with Crippen LogP contribution in [-0.2, 0) is 21.2 Å². The number of rotatable bonds is 5. The zero-order chi connectivity index (χ0) is 15.6. The van der Waals surface area contributed by atoms with E-state index >= 15 is 0 Å². The van der Waals surface area contributed by atoms with Gasteiger partial charge in [-0.3, -0.25) is 4.55 Å². The van der Waals surface area contributed by atoms with Crippen LogP contribution in [0.15, 0.2) is 18.2 Å². The van der Waals surface area contributed by atoms with Crippen LogP contribution in [0.2, 0.25) is 0 Å². The lowest BCUT2D eigenvalue weighted by Crippen LogP contribution is -2.34. The molecule has 0 aromatic heterocycles. The minimum atomic E-state index is -5.68. The maximum absolute atomic E-state index is 12.8. The van der Waals surface area contributed by atoms with Gasteiger partial charge in [0.05, 0.1) is 13.4 Å². The predicted molar refractivity (Wildman–Crippen MR) is 64.3 cm³/mol. The minimum Gasteiger partial charge on any atom is -0.508 e. The Balaban J connectivity index is 2.81. The third-order valence-corrected chi connectivity index (χ3v) is 3.16. The lowest BCUT2D eigenvalue weighted by Gasteiger charge is -2.13. The summed E-state index contributed by atoms with van der Waals surface area (Å²) in [5, 5.41) is 4.82. The summed E-state index contributed by atoms with van der Waals surface area (Å²) in [5.74, 6) is -1.62.